The summed E-state index contributed by atoms with van der Waals surface area (Å²) in [6.45, 7) is 1.93. The van der Waals surface area contributed by atoms with Crippen LogP contribution in [-0.4, -0.2) is 7.05 Å². The Labute approximate surface area is 124 Å². The molecule has 0 amide bonds. The van der Waals surface area contributed by atoms with E-state index in [0.29, 0.717) is 4.47 Å². The minimum Gasteiger partial charge on any atom is -0.454 e. The molecule has 106 valence electrons. The van der Waals surface area contributed by atoms with Gasteiger partial charge in [-0.1, -0.05) is 22.0 Å². The zero-order chi connectivity index (χ0) is 14.7. The lowest BCUT2D eigenvalue weighted by Crippen LogP contribution is -2.12. The third kappa shape index (κ3) is 3.55. The number of ether oxygens (including phenoxy) is 1. The molecule has 0 heterocycles. The minimum absolute atomic E-state index is 0.0434. The fourth-order valence-corrected chi connectivity index (χ4v) is 2.19. The van der Waals surface area contributed by atoms with E-state index in [9.17, 15) is 8.78 Å². The van der Waals surface area contributed by atoms with Gasteiger partial charge in [-0.3, -0.25) is 0 Å². The lowest BCUT2D eigenvalue weighted by molar-refractivity contribution is 0.437. The van der Waals surface area contributed by atoms with Crippen LogP contribution in [0.2, 0.25) is 0 Å². The van der Waals surface area contributed by atoms with Crippen molar-refractivity contribution in [3.8, 4) is 11.5 Å². The van der Waals surface area contributed by atoms with Crippen LogP contribution in [0.4, 0.5) is 8.78 Å². The van der Waals surface area contributed by atoms with Gasteiger partial charge in [-0.25, -0.2) is 8.78 Å². The highest BCUT2D eigenvalue weighted by Gasteiger charge is 2.10. The van der Waals surface area contributed by atoms with Crippen molar-refractivity contribution in [1.82, 2.24) is 5.32 Å². The standard InChI is InChI=1S/C15H14BrF2NO/c1-9(19-2)10-3-4-15(14(18)5-10)20-13-7-11(16)6-12(17)8-13/h3-9,19H,1-2H3. The van der Waals surface area contributed by atoms with E-state index in [-0.39, 0.29) is 17.5 Å². The molecule has 2 aromatic rings. The van der Waals surface area contributed by atoms with Crippen molar-refractivity contribution >= 4 is 15.9 Å². The van der Waals surface area contributed by atoms with E-state index < -0.39 is 11.6 Å². The molecule has 0 bridgehead atoms. The Morgan fingerprint density at radius 1 is 1.15 bits per heavy atom. The van der Waals surface area contributed by atoms with E-state index >= 15 is 0 Å². The van der Waals surface area contributed by atoms with E-state index in [0.717, 1.165) is 5.56 Å². The molecule has 0 spiro atoms. The van der Waals surface area contributed by atoms with Crippen LogP contribution in [0.5, 0.6) is 11.5 Å². The lowest BCUT2D eigenvalue weighted by atomic mass is 10.1. The molecule has 1 atom stereocenters. The van der Waals surface area contributed by atoms with Gasteiger partial charge in [0.25, 0.3) is 0 Å². The Bertz CT molecular complexity index is 599. The summed E-state index contributed by atoms with van der Waals surface area (Å²) in [5.41, 5.74) is 0.817. The maximum Gasteiger partial charge on any atom is 0.166 e. The fourth-order valence-electron chi connectivity index (χ4n) is 1.75. The van der Waals surface area contributed by atoms with Gasteiger partial charge in [-0.2, -0.15) is 0 Å². The topological polar surface area (TPSA) is 21.3 Å². The van der Waals surface area contributed by atoms with Crippen LogP contribution in [0.25, 0.3) is 0 Å². The molecule has 20 heavy (non-hydrogen) atoms. The summed E-state index contributed by atoms with van der Waals surface area (Å²) in [4.78, 5) is 0. The van der Waals surface area contributed by atoms with E-state index in [2.05, 4.69) is 21.2 Å². The Balaban J connectivity index is 2.25. The van der Waals surface area contributed by atoms with Crippen LogP contribution in [0.15, 0.2) is 40.9 Å². The highest BCUT2D eigenvalue weighted by atomic mass is 79.9. The molecule has 1 N–H and O–H groups in total. The molecular formula is C15H14BrF2NO. The smallest absolute Gasteiger partial charge is 0.166 e. The summed E-state index contributed by atoms with van der Waals surface area (Å²) < 4.78 is 33.1. The fraction of sp³-hybridized carbons (Fsp3) is 0.200. The summed E-state index contributed by atoms with van der Waals surface area (Å²) in [5, 5.41) is 3.03. The van der Waals surface area contributed by atoms with Crippen molar-refractivity contribution in [2.45, 2.75) is 13.0 Å². The monoisotopic (exact) mass is 341 g/mol. The average Bonchev–Trinajstić information content (AvgIpc) is 2.39. The molecule has 0 aliphatic rings. The van der Waals surface area contributed by atoms with Crippen molar-refractivity contribution in [1.29, 1.82) is 0 Å². The first-order valence-electron chi connectivity index (χ1n) is 6.10. The first kappa shape index (κ1) is 14.9. The van der Waals surface area contributed by atoms with Gasteiger partial charge in [0.15, 0.2) is 11.6 Å². The van der Waals surface area contributed by atoms with E-state index in [4.69, 9.17) is 4.74 Å². The Morgan fingerprint density at radius 3 is 2.50 bits per heavy atom. The predicted octanol–water partition coefficient (Wildman–Crippen LogP) is 4.80. The third-order valence-electron chi connectivity index (χ3n) is 2.95. The van der Waals surface area contributed by atoms with Gasteiger partial charge in [0.05, 0.1) is 0 Å². The summed E-state index contributed by atoms with van der Waals surface area (Å²) >= 11 is 3.16. The zero-order valence-electron chi connectivity index (χ0n) is 11.1. The lowest BCUT2D eigenvalue weighted by Gasteiger charge is -2.13. The average molecular weight is 342 g/mol. The van der Waals surface area contributed by atoms with Crippen molar-refractivity contribution in [3.05, 3.63) is 58.1 Å². The summed E-state index contributed by atoms with van der Waals surface area (Å²) in [6.07, 6.45) is 0. The Morgan fingerprint density at radius 2 is 1.90 bits per heavy atom. The van der Waals surface area contributed by atoms with Gasteiger partial charge in [0.2, 0.25) is 0 Å². The molecule has 2 nitrogen and oxygen atoms in total. The molecule has 5 heteroatoms. The maximum atomic E-state index is 14.0. The first-order valence-corrected chi connectivity index (χ1v) is 6.89. The summed E-state index contributed by atoms with van der Waals surface area (Å²) in [6, 6.07) is 8.85. The second-order valence-corrected chi connectivity index (χ2v) is 5.32. The highest BCUT2D eigenvalue weighted by Crippen LogP contribution is 2.29. The van der Waals surface area contributed by atoms with Crippen LogP contribution < -0.4 is 10.1 Å². The molecule has 0 aliphatic carbocycles. The minimum atomic E-state index is -0.481. The van der Waals surface area contributed by atoms with Crippen LogP contribution in [-0.2, 0) is 0 Å². The summed E-state index contributed by atoms with van der Waals surface area (Å²) in [7, 11) is 1.80. The summed E-state index contributed by atoms with van der Waals surface area (Å²) in [5.74, 6) is -0.625. The molecule has 0 saturated heterocycles. The van der Waals surface area contributed by atoms with Crippen LogP contribution in [0.3, 0.4) is 0 Å². The quantitative estimate of drug-likeness (QED) is 0.862. The van der Waals surface area contributed by atoms with Gasteiger partial charge >= 0.3 is 0 Å². The van der Waals surface area contributed by atoms with Crippen molar-refractivity contribution in [2.24, 2.45) is 0 Å². The number of nitrogens with one attached hydrogen (secondary N) is 1. The number of hydrogen-bond acceptors (Lipinski definition) is 2. The highest BCUT2D eigenvalue weighted by molar-refractivity contribution is 9.10. The van der Waals surface area contributed by atoms with E-state index in [1.807, 2.05) is 6.92 Å². The molecule has 0 saturated carbocycles. The number of halogens is 3. The maximum absolute atomic E-state index is 14.0. The van der Waals surface area contributed by atoms with Crippen LogP contribution in [0.1, 0.15) is 18.5 Å². The van der Waals surface area contributed by atoms with E-state index in [1.54, 1.807) is 19.2 Å². The number of rotatable bonds is 4. The predicted molar refractivity (Wildman–Crippen MR) is 78.0 cm³/mol. The zero-order valence-corrected chi connectivity index (χ0v) is 12.7. The number of benzene rings is 2. The van der Waals surface area contributed by atoms with Gasteiger partial charge < -0.3 is 10.1 Å². The van der Waals surface area contributed by atoms with Gasteiger partial charge in [-0.15, -0.1) is 0 Å². The van der Waals surface area contributed by atoms with E-state index in [1.165, 1.54) is 24.3 Å². The first-order chi connectivity index (χ1) is 9.49. The van der Waals surface area contributed by atoms with Crippen LogP contribution >= 0.6 is 15.9 Å². The molecule has 0 fully saturated rings. The largest absolute Gasteiger partial charge is 0.454 e. The van der Waals surface area contributed by atoms with Gasteiger partial charge in [0.1, 0.15) is 11.6 Å². The van der Waals surface area contributed by atoms with Gasteiger partial charge in [-0.05, 0) is 43.8 Å². The van der Waals surface area contributed by atoms with Crippen molar-refractivity contribution < 1.29 is 13.5 Å². The molecule has 0 aliphatic heterocycles. The molecule has 2 aromatic carbocycles. The third-order valence-corrected chi connectivity index (χ3v) is 3.41. The van der Waals surface area contributed by atoms with Crippen LogP contribution in [0, 0.1) is 11.6 Å². The second-order valence-electron chi connectivity index (χ2n) is 4.41. The Kier molecular flexibility index (Phi) is 4.73. The second kappa shape index (κ2) is 6.33. The molecule has 0 aromatic heterocycles. The molecule has 2 rings (SSSR count). The Hall–Kier alpha value is -1.46. The van der Waals surface area contributed by atoms with Gasteiger partial charge in [0, 0.05) is 16.6 Å². The molecule has 0 radical (unpaired) electrons. The SMILES string of the molecule is CNC(C)c1ccc(Oc2cc(F)cc(Br)c2)c(F)c1. The molecule has 1 unspecified atom stereocenters. The molecular weight excluding hydrogens is 328 g/mol. The van der Waals surface area contributed by atoms with Crippen molar-refractivity contribution in [2.75, 3.05) is 7.05 Å². The van der Waals surface area contributed by atoms with Crippen molar-refractivity contribution in [3.63, 3.8) is 0 Å². The normalized spacial score (nSPS) is 12.2. The number of hydrogen-bond donors (Lipinski definition) is 1.